The van der Waals surface area contributed by atoms with E-state index < -0.39 is 273 Å². The number of hydrogen-bond acceptors (Lipinski definition) is 38. The van der Waals surface area contributed by atoms with Gasteiger partial charge in [0.1, 0.15) is 178 Å². The van der Waals surface area contributed by atoms with Gasteiger partial charge in [0.15, 0.2) is 44.0 Å². The summed E-state index contributed by atoms with van der Waals surface area (Å²) in [6, 6.07) is 4.96. The first-order chi connectivity index (χ1) is 42.4. The molecule has 1 aromatic carbocycles. The van der Waals surface area contributed by atoms with Crippen LogP contribution in [0.2, 0.25) is 0 Å². The van der Waals surface area contributed by atoms with Crippen molar-refractivity contribution in [2.45, 2.75) is 215 Å². The van der Waals surface area contributed by atoms with Crippen molar-refractivity contribution in [3.05, 3.63) is 35.4 Å². The molecular weight excluding hydrogens is 1220 g/mol. The van der Waals surface area contributed by atoms with Crippen molar-refractivity contribution in [2.75, 3.05) is 53.4 Å². The number of hydrogen-bond donors (Lipinski definition) is 20. The molecule has 21 saturated heterocycles. The normalized spacial score (nSPS) is 49.3. The maximum atomic E-state index is 13.5. The van der Waals surface area contributed by atoms with Crippen molar-refractivity contribution >= 4 is 11.9 Å². The monoisotopic (exact) mass is 1300 g/mol. The van der Waals surface area contributed by atoms with Crippen molar-refractivity contribution in [1.29, 1.82) is 0 Å². The van der Waals surface area contributed by atoms with E-state index in [-0.39, 0.29) is 11.1 Å². The molecule has 21 heterocycles. The van der Waals surface area contributed by atoms with E-state index in [1.807, 2.05) is 0 Å². The Bertz CT molecular complexity index is 2420. The number of benzene rings is 1. The average Bonchev–Trinajstić information content (AvgIpc) is 1.48. The topological polar surface area (TPSA) is 586 Å². The maximum Gasteiger partial charge on any atom is 0.338 e. The number of methoxy groups -OCH3 is 1. The van der Waals surface area contributed by atoms with Gasteiger partial charge in [0.2, 0.25) is 0 Å². The zero-order valence-electron chi connectivity index (χ0n) is 46.8. The van der Waals surface area contributed by atoms with Crippen LogP contribution in [0.25, 0.3) is 0 Å². The number of rotatable bonds is 10. The van der Waals surface area contributed by atoms with Crippen LogP contribution in [0.4, 0.5) is 0 Å². The highest BCUT2D eigenvalue weighted by atomic mass is 16.8. The first-order valence-electron chi connectivity index (χ1n) is 28.1. The van der Waals surface area contributed by atoms with E-state index in [4.69, 9.17) is 75.8 Å². The molecule has 21 fully saturated rings. The molecule has 89 heavy (non-hydrogen) atoms. The second kappa shape index (κ2) is 30.0. The van der Waals surface area contributed by atoms with Crippen LogP contribution in [0.1, 0.15) is 20.7 Å². The number of carbonyl (C=O) groups is 2. The highest BCUT2D eigenvalue weighted by molar-refractivity contribution is 5.95. The van der Waals surface area contributed by atoms with Gasteiger partial charge in [-0.3, -0.25) is 0 Å². The SMILES string of the molecule is COC(=O)c1cccc(C(=O)OC[C@H]2O[C@@H]3O[C@H]4[C@H](O)[C@@H](O)[C@@H](O[C@H]5[C@H](O)[C@@H](O)[C@@H](O[C@H]6[C@H](O)[C@@H](O)[C@@H](O[C@H]7[C@@H](O)[C@H](O)[C@@H](O[C@H]8[C@@H](O)[C@H](O)[C@@H](O[C@H]9[C@@H](O)[C@@H](O)[C@@H](O[C@H]2[C@H](O)[C@H]3O)O[C@@H]9CO)O[C@@H]8CO)O[C@@H]7CO)O[C@@H]6CO)O[C@@H]5CO)O[C@@H]4CO)c1. The lowest BCUT2D eigenvalue weighted by Crippen LogP contribution is -2.68. The summed E-state index contributed by atoms with van der Waals surface area (Å²) in [5.41, 5.74) is -0.324. The number of aliphatic hydroxyl groups excluding tert-OH is 20. The summed E-state index contributed by atoms with van der Waals surface area (Å²) < 4.78 is 90.9. The predicted molar refractivity (Wildman–Crippen MR) is 269 cm³/mol. The summed E-state index contributed by atoms with van der Waals surface area (Å²) in [4.78, 5) is 25.8. The van der Waals surface area contributed by atoms with E-state index in [1.165, 1.54) is 18.2 Å². The fraction of sp³-hybridized carbons (Fsp3) is 0.843. The van der Waals surface area contributed by atoms with E-state index in [9.17, 15) is 112 Å². The third-order valence-electron chi connectivity index (χ3n) is 16.5. The summed E-state index contributed by atoms with van der Waals surface area (Å²) in [5.74, 6) is -1.99. The first kappa shape index (κ1) is 70.1. The summed E-state index contributed by atoms with van der Waals surface area (Å²) in [6.07, 6.45) is -72.7. The molecule has 14 bridgehead atoms. The van der Waals surface area contributed by atoms with Gasteiger partial charge in [-0.25, -0.2) is 9.59 Å². The van der Waals surface area contributed by atoms with Crippen LogP contribution in [0.5, 0.6) is 0 Å². The number of carbonyl (C=O) groups excluding carboxylic acids is 2. The zero-order chi connectivity index (χ0) is 64.6. The summed E-state index contributed by atoms with van der Waals surface area (Å²) >= 11 is 0. The van der Waals surface area contributed by atoms with Crippen molar-refractivity contribution in [3.8, 4) is 0 Å². The van der Waals surface area contributed by atoms with Crippen molar-refractivity contribution in [2.24, 2.45) is 0 Å². The fourth-order valence-electron chi connectivity index (χ4n) is 11.5. The molecule has 0 spiro atoms. The van der Waals surface area contributed by atoms with Crippen LogP contribution in [0.15, 0.2) is 24.3 Å². The van der Waals surface area contributed by atoms with E-state index in [0.717, 1.165) is 13.2 Å². The molecule has 508 valence electrons. The zero-order valence-corrected chi connectivity index (χ0v) is 46.8. The van der Waals surface area contributed by atoms with Crippen LogP contribution < -0.4 is 0 Å². The molecule has 22 rings (SSSR count). The van der Waals surface area contributed by atoms with E-state index in [2.05, 4.69) is 0 Å². The first-order valence-corrected chi connectivity index (χ1v) is 28.1. The van der Waals surface area contributed by atoms with Crippen LogP contribution in [-0.2, 0) is 75.8 Å². The molecule has 20 N–H and O–H groups in total. The largest absolute Gasteiger partial charge is 0.465 e. The number of esters is 2. The summed E-state index contributed by atoms with van der Waals surface area (Å²) in [7, 11) is 1.08. The molecule has 0 saturated carbocycles. The molecule has 0 radical (unpaired) electrons. The van der Waals surface area contributed by atoms with E-state index in [1.54, 1.807) is 0 Å². The Morgan fingerprint density at radius 1 is 0.315 bits per heavy atom. The lowest BCUT2D eigenvalue weighted by molar-refractivity contribution is -0.396. The molecule has 0 aliphatic carbocycles. The van der Waals surface area contributed by atoms with Gasteiger partial charge in [-0.15, -0.1) is 0 Å². The van der Waals surface area contributed by atoms with Crippen LogP contribution in [0, 0.1) is 0 Å². The van der Waals surface area contributed by atoms with Gasteiger partial charge >= 0.3 is 11.9 Å². The third kappa shape index (κ3) is 14.3. The van der Waals surface area contributed by atoms with Crippen LogP contribution >= 0.6 is 0 Å². The minimum absolute atomic E-state index is 0.0864. The Labute approximate surface area is 502 Å². The van der Waals surface area contributed by atoms with Gasteiger partial charge in [-0.1, -0.05) is 6.07 Å². The molecule has 0 amide bonds. The Balaban J connectivity index is 1.02. The molecule has 38 heteroatoms. The standard InChI is InChI=1S/C51H76O38/c1-74-43(72)13-3-2-4-14(5-13)44(73)75-12-21-42-28(64)35(71)51(82-21)88-41-20(11-57)80-49(33(69)26(41)62)86-39-18(9-55)78-47(31(67)24(39)60)84-37-16(7-53)76-45(29(65)22(37)58)83-36-15(6-52)77-46(30(66)23(36)59)85-38-17(8-54)79-48(32(68)25(38)61)87-40-19(10-56)81-50(89-42)34(70)27(40)63/h2-5,15-42,45-71H,6-12H2,1H3/t15-,16-,17-,18-,19-,20-,21-,22-,23+,24-,25+,26-,27+,28-,29-,30+,31-,32+,33-,34-,35-,36-,37-,38-,39-,40-,41-,42-,45-,46-,47-,48-,49-,50-,51-/m1/s1. The number of ether oxygens (including phenoxy) is 16. The smallest absolute Gasteiger partial charge is 0.338 e. The maximum absolute atomic E-state index is 13.5. The minimum atomic E-state index is -2.33. The second-order valence-corrected chi connectivity index (χ2v) is 22.1. The highest BCUT2D eigenvalue weighted by Gasteiger charge is 2.60. The lowest BCUT2D eigenvalue weighted by Gasteiger charge is -2.50. The Morgan fingerprint density at radius 2 is 0.517 bits per heavy atom. The Kier molecular flexibility index (Phi) is 23.7. The third-order valence-corrected chi connectivity index (χ3v) is 16.5. The predicted octanol–water partition coefficient (Wildman–Crippen LogP) is -13.6. The molecule has 21 aliphatic rings. The van der Waals surface area contributed by atoms with Gasteiger partial charge in [0, 0.05) is 0 Å². The Morgan fingerprint density at radius 3 is 0.730 bits per heavy atom. The lowest BCUT2D eigenvalue weighted by atomic mass is 9.95. The molecule has 0 unspecified atom stereocenters. The second-order valence-electron chi connectivity index (χ2n) is 22.1. The highest BCUT2D eigenvalue weighted by Crippen LogP contribution is 2.39. The quantitative estimate of drug-likeness (QED) is 0.0967. The van der Waals surface area contributed by atoms with Crippen LogP contribution in [-0.4, -0.2) is 382 Å². The minimum Gasteiger partial charge on any atom is -0.465 e. The van der Waals surface area contributed by atoms with Gasteiger partial charge in [-0.2, -0.15) is 0 Å². The van der Waals surface area contributed by atoms with E-state index >= 15 is 0 Å². The molecule has 0 aromatic heterocycles. The van der Waals surface area contributed by atoms with Gasteiger partial charge in [0.05, 0.1) is 57.9 Å². The average molecular weight is 1300 g/mol. The van der Waals surface area contributed by atoms with Crippen molar-refractivity contribution in [3.63, 3.8) is 0 Å². The molecule has 1 aromatic rings. The molecule has 35 atom stereocenters. The van der Waals surface area contributed by atoms with Crippen molar-refractivity contribution in [1.82, 2.24) is 0 Å². The molecule has 21 aliphatic heterocycles. The van der Waals surface area contributed by atoms with Crippen LogP contribution in [0.3, 0.4) is 0 Å². The van der Waals surface area contributed by atoms with Crippen molar-refractivity contribution < 1.29 is 188 Å². The van der Waals surface area contributed by atoms with Gasteiger partial charge in [0.25, 0.3) is 0 Å². The van der Waals surface area contributed by atoms with Gasteiger partial charge < -0.3 is 178 Å². The molecule has 38 nitrogen and oxygen atoms in total. The molecular formula is C51H76O38. The van der Waals surface area contributed by atoms with E-state index in [0.29, 0.717) is 0 Å². The van der Waals surface area contributed by atoms with Gasteiger partial charge in [-0.05, 0) is 18.2 Å². The Hall–Kier alpha value is -3.20. The summed E-state index contributed by atoms with van der Waals surface area (Å²) in [6.45, 7) is -7.53. The number of aliphatic hydroxyl groups is 20. The summed E-state index contributed by atoms with van der Waals surface area (Å²) in [5, 5.41) is 224. The fourth-order valence-corrected chi connectivity index (χ4v) is 11.5.